The van der Waals surface area contributed by atoms with E-state index in [-0.39, 0.29) is 22.3 Å². The number of amides is 2. The van der Waals surface area contributed by atoms with Crippen LogP contribution in [0.4, 0.5) is 5.69 Å². The molecule has 5 rings (SSSR count). The Morgan fingerprint density at radius 1 is 1.03 bits per heavy atom. The van der Waals surface area contributed by atoms with E-state index in [2.05, 4.69) is 15.1 Å². The highest BCUT2D eigenvalue weighted by molar-refractivity contribution is 7.90. The Morgan fingerprint density at radius 2 is 1.79 bits per heavy atom. The number of hydrogen-bond acceptors (Lipinski definition) is 6. The summed E-state index contributed by atoms with van der Waals surface area (Å²) in [5, 5.41) is 8.45. The summed E-state index contributed by atoms with van der Waals surface area (Å²) in [5.41, 5.74) is 2.45. The maximum atomic E-state index is 12.7. The van der Waals surface area contributed by atoms with Gasteiger partial charge in [-0.3, -0.25) is 14.3 Å². The van der Waals surface area contributed by atoms with Crippen LogP contribution in [0, 0.1) is 5.92 Å². The Hall–Kier alpha value is -4.18. The second-order valence-corrected chi connectivity index (χ2v) is 11.0. The maximum absolute atomic E-state index is 12.7. The van der Waals surface area contributed by atoms with Crippen LogP contribution >= 0.6 is 0 Å². The number of nitrogens with zero attached hydrogens (tertiary/aromatic N) is 2. The van der Waals surface area contributed by atoms with Crippen LogP contribution in [-0.2, 0) is 21.4 Å². The lowest BCUT2D eigenvalue weighted by atomic mass is 10.1. The number of rotatable bonds is 8. The molecule has 2 amide bonds. The zero-order chi connectivity index (χ0) is 26.7. The van der Waals surface area contributed by atoms with Gasteiger partial charge in [0.1, 0.15) is 5.75 Å². The predicted octanol–water partition coefficient (Wildman–Crippen LogP) is 4.34. The van der Waals surface area contributed by atoms with E-state index in [0.717, 1.165) is 47.8 Å². The first-order valence-electron chi connectivity index (χ1n) is 12.4. The number of ether oxygens (including phenoxy) is 1. The monoisotopic (exact) mass is 532 g/mol. The molecule has 1 aliphatic carbocycles. The summed E-state index contributed by atoms with van der Waals surface area (Å²) in [6.07, 6.45) is 5.79. The van der Waals surface area contributed by atoms with Gasteiger partial charge in [-0.2, -0.15) is 5.10 Å². The van der Waals surface area contributed by atoms with Crippen LogP contribution in [0.1, 0.15) is 41.6 Å². The fourth-order valence-corrected chi connectivity index (χ4v) is 5.72. The quantitative estimate of drug-likeness (QED) is 0.348. The van der Waals surface area contributed by atoms with Crippen LogP contribution in [0.15, 0.2) is 77.8 Å². The fraction of sp³-hybridized carbons (Fsp3) is 0.250. The smallest absolute Gasteiger partial charge is 0.265 e. The molecule has 2 N–H and O–H groups in total. The number of methoxy groups -OCH3 is 1. The summed E-state index contributed by atoms with van der Waals surface area (Å²) < 4.78 is 34.5. The molecule has 0 aliphatic heterocycles. The van der Waals surface area contributed by atoms with Crippen LogP contribution in [0.3, 0.4) is 0 Å². The molecule has 1 aromatic heterocycles. The molecule has 1 saturated carbocycles. The number of nitrogens with one attached hydrogen (secondary N) is 2. The summed E-state index contributed by atoms with van der Waals surface area (Å²) in [5.74, 6) is -0.217. The van der Waals surface area contributed by atoms with Crippen molar-refractivity contribution in [2.45, 2.75) is 37.1 Å². The van der Waals surface area contributed by atoms with Gasteiger partial charge in [0, 0.05) is 28.1 Å². The first-order valence-corrected chi connectivity index (χ1v) is 13.9. The second-order valence-electron chi connectivity index (χ2n) is 9.32. The average molecular weight is 533 g/mol. The van der Waals surface area contributed by atoms with Gasteiger partial charge in [0.2, 0.25) is 5.91 Å². The van der Waals surface area contributed by atoms with Gasteiger partial charge in [-0.1, -0.05) is 37.1 Å². The summed E-state index contributed by atoms with van der Waals surface area (Å²) >= 11 is 0. The van der Waals surface area contributed by atoms with Crippen molar-refractivity contribution in [2.75, 3.05) is 12.4 Å². The molecule has 0 saturated heterocycles. The highest BCUT2D eigenvalue weighted by Crippen LogP contribution is 2.28. The summed E-state index contributed by atoms with van der Waals surface area (Å²) in [6.45, 7) is 0.344. The van der Waals surface area contributed by atoms with E-state index < -0.39 is 15.9 Å². The van der Waals surface area contributed by atoms with E-state index >= 15 is 0 Å². The number of anilines is 1. The van der Waals surface area contributed by atoms with Crippen molar-refractivity contribution in [1.82, 2.24) is 14.5 Å². The maximum Gasteiger partial charge on any atom is 0.265 e. The SMILES string of the molecule is COc1cc(C(=O)NS(=O)(=O)c2ccccc2)ccc1Cn1ncc2ccc(NC(=O)C3CCCC3)cc21. The lowest BCUT2D eigenvalue weighted by Gasteiger charge is -2.13. The van der Waals surface area contributed by atoms with Gasteiger partial charge in [0.05, 0.1) is 30.3 Å². The van der Waals surface area contributed by atoms with Crippen molar-refractivity contribution in [3.63, 3.8) is 0 Å². The minimum Gasteiger partial charge on any atom is -0.496 e. The van der Waals surface area contributed by atoms with Crippen LogP contribution in [0.25, 0.3) is 10.9 Å². The molecule has 196 valence electrons. The largest absolute Gasteiger partial charge is 0.496 e. The predicted molar refractivity (Wildman–Crippen MR) is 144 cm³/mol. The Balaban J connectivity index is 1.34. The van der Waals surface area contributed by atoms with Gasteiger partial charge in [-0.15, -0.1) is 0 Å². The third-order valence-electron chi connectivity index (χ3n) is 6.79. The van der Waals surface area contributed by atoms with Crippen molar-refractivity contribution in [3.8, 4) is 5.75 Å². The van der Waals surface area contributed by atoms with E-state index in [1.165, 1.54) is 25.3 Å². The minimum atomic E-state index is -4.01. The molecule has 4 aromatic rings. The van der Waals surface area contributed by atoms with Crippen molar-refractivity contribution < 1.29 is 22.7 Å². The minimum absolute atomic E-state index is 0.00120. The topological polar surface area (TPSA) is 119 Å². The number of fused-ring (bicyclic) bond motifs is 1. The molecular weight excluding hydrogens is 504 g/mol. The van der Waals surface area contributed by atoms with E-state index in [9.17, 15) is 18.0 Å². The zero-order valence-electron chi connectivity index (χ0n) is 20.9. The van der Waals surface area contributed by atoms with Crippen molar-refractivity contribution in [3.05, 3.63) is 84.1 Å². The van der Waals surface area contributed by atoms with Crippen molar-refractivity contribution in [1.29, 1.82) is 0 Å². The molecule has 0 unspecified atom stereocenters. The molecule has 0 spiro atoms. The van der Waals surface area contributed by atoms with Crippen LogP contribution in [-0.4, -0.2) is 37.1 Å². The first kappa shape index (κ1) is 25.5. The van der Waals surface area contributed by atoms with Gasteiger partial charge in [-0.05, 0) is 55.3 Å². The van der Waals surface area contributed by atoms with Gasteiger partial charge in [0.15, 0.2) is 0 Å². The van der Waals surface area contributed by atoms with Crippen LogP contribution < -0.4 is 14.8 Å². The van der Waals surface area contributed by atoms with Crippen molar-refractivity contribution in [2.24, 2.45) is 5.92 Å². The lowest BCUT2D eigenvalue weighted by Crippen LogP contribution is -2.30. The normalized spacial score (nSPS) is 13.9. The lowest BCUT2D eigenvalue weighted by molar-refractivity contribution is -0.119. The van der Waals surface area contributed by atoms with Crippen LogP contribution in [0.2, 0.25) is 0 Å². The standard InChI is InChI=1S/C28H28N4O5S/c1-37-26-15-20(28(34)31-38(35,36)24-9-3-2-4-10-24)11-12-22(26)18-32-25-16-23(14-13-21(25)17-29-32)30-27(33)19-7-5-6-8-19/h2-4,9-17,19H,5-8,18H2,1H3,(H,30,33)(H,31,34). The molecule has 10 heteroatoms. The number of carbonyl (C=O) groups excluding carboxylic acids is 2. The third-order valence-corrected chi connectivity index (χ3v) is 8.14. The fourth-order valence-electron chi connectivity index (χ4n) is 4.72. The number of sulfonamides is 1. The molecule has 9 nitrogen and oxygen atoms in total. The van der Waals surface area contributed by atoms with E-state index in [4.69, 9.17) is 4.74 Å². The summed E-state index contributed by atoms with van der Waals surface area (Å²) in [4.78, 5) is 25.3. The third kappa shape index (κ3) is 5.40. The number of aromatic nitrogens is 2. The molecular formula is C28H28N4O5S. The average Bonchev–Trinajstić information content (AvgIpc) is 3.60. The molecule has 0 atom stereocenters. The number of hydrogen-bond donors (Lipinski definition) is 2. The highest BCUT2D eigenvalue weighted by atomic mass is 32.2. The number of carbonyl (C=O) groups is 2. The van der Waals surface area contributed by atoms with Crippen LogP contribution in [0.5, 0.6) is 5.75 Å². The molecule has 1 heterocycles. The molecule has 1 aliphatic rings. The molecule has 3 aromatic carbocycles. The zero-order valence-corrected chi connectivity index (χ0v) is 21.7. The Labute approximate surface area is 220 Å². The highest BCUT2D eigenvalue weighted by Gasteiger charge is 2.23. The van der Waals surface area contributed by atoms with E-state index in [1.54, 1.807) is 41.2 Å². The molecule has 0 radical (unpaired) electrons. The molecule has 1 fully saturated rings. The van der Waals surface area contributed by atoms with Gasteiger partial charge in [0.25, 0.3) is 15.9 Å². The van der Waals surface area contributed by atoms with E-state index in [1.807, 2.05) is 18.2 Å². The Kier molecular flexibility index (Phi) is 7.15. The van der Waals surface area contributed by atoms with Gasteiger partial charge < -0.3 is 10.1 Å². The molecule has 38 heavy (non-hydrogen) atoms. The Bertz CT molecular complexity index is 1590. The summed E-state index contributed by atoms with van der Waals surface area (Å²) in [6, 6.07) is 18.2. The van der Waals surface area contributed by atoms with Gasteiger partial charge in [-0.25, -0.2) is 13.1 Å². The molecule has 0 bridgehead atoms. The Morgan fingerprint density at radius 3 is 2.53 bits per heavy atom. The summed E-state index contributed by atoms with van der Waals surface area (Å²) in [7, 11) is -2.52. The van der Waals surface area contributed by atoms with Crippen molar-refractivity contribution >= 4 is 38.4 Å². The van der Waals surface area contributed by atoms with Gasteiger partial charge >= 0.3 is 0 Å². The number of benzene rings is 3. The first-order chi connectivity index (χ1) is 18.3. The second kappa shape index (κ2) is 10.7. The van der Waals surface area contributed by atoms with E-state index in [0.29, 0.717) is 12.3 Å².